The number of nitrogens with two attached hydrogens (primary N) is 1. The topological polar surface area (TPSA) is 191 Å². The van der Waals surface area contributed by atoms with Crippen molar-refractivity contribution in [1.29, 1.82) is 0 Å². The highest BCUT2D eigenvalue weighted by Gasteiger charge is 2.33. The first-order valence-electron chi connectivity index (χ1n) is 10.3. The van der Waals surface area contributed by atoms with Crippen molar-refractivity contribution in [2.24, 2.45) is 11.7 Å². The van der Waals surface area contributed by atoms with Crippen LogP contribution in [0.2, 0.25) is 0 Å². The average molecular weight is 453 g/mol. The Balaban J connectivity index is 2.96. The van der Waals surface area contributed by atoms with Crippen LogP contribution in [0.5, 0.6) is 5.75 Å². The Kier molecular flexibility index (Phi) is 10.6. The van der Waals surface area contributed by atoms with E-state index in [1.165, 1.54) is 31.2 Å². The Morgan fingerprint density at radius 1 is 0.969 bits per heavy atom. The maximum Gasteiger partial charge on any atom is 0.326 e. The number of amides is 3. The van der Waals surface area contributed by atoms with E-state index in [0.29, 0.717) is 12.0 Å². The molecule has 0 aliphatic heterocycles. The number of aromatic hydroxyl groups is 1. The number of hydrogen-bond acceptors (Lipinski definition) is 7. The zero-order chi connectivity index (χ0) is 24.4. The second kappa shape index (κ2) is 12.6. The Labute approximate surface area is 186 Å². The van der Waals surface area contributed by atoms with Crippen LogP contribution in [0.1, 0.15) is 32.8 Å². The number of rotatable bonds is 12. The molecule has 0 fully saturated rings. The van der Waals surface area contributed by atoms with E-state index in [1.54, 1.807) is 6.92 Å². The minimum absolute atomic E-state index is 0.0131. The normalized spacial score (nSPS) is 15.5. The molecule has 11 nitrogen and oxygen atoms in total. The zero-order valence-electron chi connectivity index (χ0n) is 18.4. The number of phenolic OH excluding ortho intramolecular Hbond substituents is 1. The standard InChI is InChI=1S/C21H32N4O7/c1-4-11(2)17(24-16(28)10-22)19(29)25-18(12(3)26)20(30)23-15(21(31)32)9-13-5-7-14(27)8-6-13/h5-8,11-12,15,17-18,26-27H,4,9-10,22H2,1-3H3,(H,23,30)(H,24,28)(H,25,29)(H,31,32). The van der Waals surface area contributed by atoms with Gasteiger partial charge in [0.2, 0.25) is 17.7 Å². The van der Waals surface area contributed by atoms with Gasteiger partial charge in [-0.3, -0.25) is 14.4 Å². The van der Waals surface area contributed by atoms with E-state index in [9.17, 15) is 34.5 Å². The van der Waals surface area contributed by atoms with Crippen LogP contribution in [-0.2, 0) is 25.6 Å². The van der Waals surface area contributed by atoms with Gasteiger partial charge in [-0.2, -0.15) is 0 Å². The third kappa shape index (κ3) is 8.16. The fraction of sp³-hybridized carbons (Fsp3) is 0.524. The summed E-state index contributed by atoms with van der Waals surface area (Å²) in [6, 6.07) is 2.03. The highest BCUT2D eigenvalue weighted by molar-refractivity contribution is 5.94. The largest absolute Gasteiger partial charge is 0.508 e. The van der Waals surface area contributed by atoms with Crippen molar-refractivity contribution in [2.75, 3.05) is 6.54 Å². The average Bonchev–Trinajstić information content (AvgIpc) is 2.75. The van der Waals surface area contributed by atoms with Gasteiger partial charge in [0.15, 0.2) is 0 Å². The Hall–Kier alpha value is -3.18. The zero-order valence-corrected chi connectivity index (χ0v) is 18.4. The van der Waals surface area contributed by atoms with Crippen LogP contribution in [0.25, 0.3) is 0 Å². The summed E-state index contributed by atoms with van der Waals surface area (Å²) < 4.78 is 0. The van der Waals surface area contributed by atoms with Crippen molar-refractivity contribution in [3.8, 4) is 5.75 Å². The molecule has 0 radical (unpaired) electrons. The molecule has 5 unspecified atom stereocenters. The summed E-state index contributed by atoms with van der Waals surface area (Å²) in [5.41, 5.74) is 5.85. The third-order valence-corrected chi connectivity index (χ3v) is 5.05. The van der Waals surface area contributed by atoms with Crippen molar-refractivity contribution < 1.29 is 34.5 Å². The first-order valence-corrected chi connectivity index (χ1v) is 10.3. The number of aliphatic carboxylic acids is 1. The molecule has 11 heteroatoms. The number of carboxylic acids is 1. The summed E-state index contributed by atoms with van der Waals surface area (Å²) >= 11 is 0. The van der Waals surface area contributed by atoms with Crippen LogP contribution >= 0.6 is 0 Å². The lowest BCUT2D eigenvalue weighted by Gasteiger charge is -2.28. The number of carbonyl (C=O) groups excluding carboxylic acids is 3. The predicted molar refractivity (Wildman–Crippen MR) is 115 cm³/mol. The molecule has 3 amide bonds. The monoisotopic (exact) mass is 452 g/mol. The molecule has 1 aromatic rings. The molecule has 1 aromatic carbocycles. The van der Waals surface area contributed by atoms with Crippen molar-refractivity contribution in [3.05, 3.63) is 29.8 Å². The number of carbonyl (C=O) groups is 4. The van der Waals surface area contributed by atoms with Crippen LogP contribution in [-0.4, -0.2) is 69.8 Å². The fourth-order valence-electron chi connectivity index (χ4n) is 2.91. The molecule has 0 aliphatic carbocycles. The smallest absolute Gasteiger partial charge is 0.326 e. The van der Waals surface area contributed by atoms with E-state index in [2.05, 4.69) is 16.0 Å². The predicted octanol–water partition coefficient (Wildman–Crippen LogP) is -1.14. The molecule has 0 spiro atoms. The van der Waals surface area contributed by atoms with E-state index in [1.807, 2.05) is 6.92 Å². The van der Waals surface area contributed by atoms with Crippen molar-refractivity contribution >= 4 is 23.7 Å². The number of hydrogen-bond donors (Lipinski definition) is 7. The number of nitrogens with one attached hydrogen (secondary N) is 3. The quantitative estimate of drug-likeness (QED) is 0.207. The first-order chi connectivity index (χ1) is 15.0. The van der Waals surface area contributed by atoms with E-state index in [-0.39, 0.29) is 24.6 Å². The fourth-order valence-corrected chi connectivity index (χ4v) is 2.91. The van der Waals surface area contributed by atoms with Gasteiger partial charge in [-0.25, -0.2) is 4.79 Å². The molecular formula is C21H32N4O7. The molecule has 8 N–H and O–H groups in total. The first kappa shape index (κ1) is 26.9. The summed E-state index contributed by atoms with van der Waals surface area (Å²) in [6.07, 6.45) is -0.878. The minimum atomic E-state index is -1.45. The molecule has 0 saturated heterocycles. The minimum Gasteiger partial charge on any atom is -0.508 e. The van der Waals surface area contributed by atoms with Gasteiger partial charge in [0.05, 0.1) is 12.6 Å². The lowest BCUT2D eigenvalue weighted by atomic mass is 9.97. The number of carboxylic acid groups (broad SMARTS) is 1. The van der Waals surface area contributed by atoms with Crippen LogP contribution < -0.4 is 21.7 Å². The van der Waals surface area contributed by atoms with Gasteiger partial charge < -0.3 is 37.0 Å². The molecule has 0 aliphatic rings. The van der Waals surface area contributed by atoms with E-state index >= 15 is 0 Å². The number of aliphatic hydroxyl groups is 1. The van der Waals surface area contributed by atoms with Crippen LogP contribution in [0.4, 0.5) is 0 Å². The van der Waals surface area contributed by atoms with E-state index in [0.717, 1.165) is 0 Å². The highest BCUT2D eigenvalue weighted by Crippen LogP contribution is 2.12. The Morgan fingerprint density at radius 2 is 1.53 bits per heavy atom. The lowest BCUT2D eigenvalue weighted by Crippen LogP contribution is -2.60. The van der Waals surface area contributed by atoms with Crippen LogP contribution in [0.15, 0.2) is 24.3 Å². The number of benzene rings is 1. The van der Waals surface area contributed by atoms with Gasteiger partial charge in [-0.15, -0.1) is 0 Å². The van der Waals surface area contributed by atoms with Crippen molar-refractivity contribution in [2.45, 2.75) is 57.8 Å². The molecule has 0 bridgehead atoms. The molecule has 32 heavy (non-hydrogen) atoms. The summed E-state index contributed by atoms with van der Waals surface area (Å²) in [4.78, 5) is 48.8. The van der Waals surface area contributed by atoms with E-state index in [4.69, 9.17) is 5.73 Å². The van der Waals surface area contributed by atoms with Gasteiger partial charge in [-0.05, 0) is 30.5 Å². The molecular weight excluding hydrogens is 420 g/mol. The Bertz CT molecular complexity index is 798. The van der Waals surface area contributed by atoms with Crippen molar-refractivity contribution in [3.63, 3.8) is 0 Å². The van der Waals surface area contributed by atoms with Gasteiger partial charge in [0, 0.05) is 6.42 Å². The molecule has 0 aromatic heterocycles. The second-order valence-corrected chi connectivity index (χ2v) is 7.63. The third-order valence-electron chi connectivity index (χ3n) is 5.05. The van der Waals surface area contributed by atoms with Crippen LogP contribution in [0.3, 0.4) is 0 Å². The van der Waals surface area contributed by atoms with Crippen molar-refractivity contribution in [1.82, 2.24) is 16.0 Å². The van der Waals surface area contributed by atoms with Gasteiger partial charge >= 0.3 is 5.97 Å². The maximum absolute atomic E-state index is 12.8. The number of phenols is 1. The second-order valence-electron chi connectivity index (χ2n) is 7.63. The molecule has 0 saturated carbocycles. The van der Waals surface area contributed by atoms with Gasteiger partial charge in [0.1, 0.15) is 23.9 Å². The molecule has 5 atom stereocenters. The SMILES string of the molecule is CCC(C)C(NC(=O)CN)C(=O)NC(C(=O)NC(Cc1ccc(O)cc1)C(=O)O)C(C)O. The summed E-state index contributed by atoms with van der Waals surface area (Å²) in [6.45, 7) is 4.50. The lowest BCUT2D eigenvalue weighted by molar-refractivity contribution is -0.143. The molecule has 1 rings (SSSR count). The Morgan fingerprint density at radius 3 is 2.00 bits per heavy atom. The summed E-state index contributed by atoms with van der Waals surface area (Å²) in [5.74, 6) is -3.73. The molecule has 0 heterocycles. The van der Waals surface area contributed by atoms with Crippen LogP contribution in [0, 0.1) is 5.92 Å². The highest BCUT2D eigenvalue weighted by atomic mass is 16.4. The summed E-state index contributed by atoms with van der Waals surface area (Å²) in [7, 11) is 0. The van der Waals surface area contributed by atoms with Gasteiger partial charge in [0.25, 0.3) is 0 Å². The van der Waals surface area contributed by atoms with E-state index < -0.39 is 47.9 Å². The van der Waals surface area contributed by atoms with Gasteiger partial charge in [-0.1, -0.05) is 32.4 Å². The summed E-state index contributed by atoms with van der Waals surface area (Å²) in [5, 5.41) is 36.1. The maximum atomic E-state index is 12.8. The molecule has 178 valence electrons. The number of aliphatic hydroxyl groups excluding tert-OH is 1.